The van der Waals surface area contributed by atoms with E-state index in [9.17, 15) is 4.79 Å². The number of benzene rings is 2. The van der Waals surface area contributed by atoms with E-state index in [0.29, 0.717) is 28.6 Å². The van der Waals surface area contributed by atoms with Crippen LogP contribution in [-0.4, -0.2) is 37.5 Å². The number of carbonyl (C=O) groups excluding carboxylic acids is 1. The summed E-state index contributed by atoms with van der Waals surface area (Å²) in [5.74, 6) is 2.02. The Kier molecular flexibility index (Phi) is 6.41. The third kappa shape index (κ3) is 4.45. The molecule has 158 valence electrons. The number of hydrogen-bond donors (Lipinski definition) is 2. The van der Waals surface area contributed by atoms with Crippen molar-refractivity contribution in [3.63, 3.8) is 0 Å². The van der Waals surface area contributed by atoms with E-state index in [4.69, 9.17) is 18.7 Å². The van der Waals surface area contributed by atoms with Crippen molar-refractivity contribution in [1.29, 1.82) is 0 Å². The van der Waals surface area contributed by atoms with E-state index in [0.717, 1.165) is 16.8 Å². The third-order valence-corrected chi connectivity index (χ3v) is 4.51. The van der Waals surface area contributed by atoms with Crippen LogP contribution in [0.2, 0.25) is 0 Å². The van der Waals surface area contributed by atoms with Gasteiger partial charge >= 0.3 is 6.03 Å². The first-order valence-corrected chi connectivity index (χ1v) is 9.20. The standard InChI is InChI=1S/C21H24N4O5/c1-12-7-6-8-13(2)18(12)24-21(26)22-11-17-23-20(25-30-17)14-9-15(27-3)19(29-5)16(10-14)28-4/h6-10H,11H2,1-5H3,(H2,22,24,26). The molecule has 0 atom stereocenters. The summed E-state index contributed by atoms with van der Waals surface area (Å²) < 4.78 is 21.3. The Morgan fingerprint density at radius 3 is 2.23 bits per heavy atom. The van der Waals surface area contributed by atoms with Crippen molar-refractivity contribution in [2.24, 2.45) is 0 Å². The molecule has 9 nitrogen and oxygen atoms in total. The number of amides is 2. The first kappa shape index (κ1) is 21.0. The number of rotatable bonds is 7. The smallest absolute Gasteiger partial charge is 0.319 e. The zero-order chi connectivity index (χ0) is 21.7. The number of urea groups is 1. The first-order chi connectivity index (χ1) is 14.5. The van der Waals surface area contributed by atoms with E-state index in [1.54, 1.807) is 12.1 Å². The molecule has 0 saturated carbocycles. The van der Waals surface area contributed by atoms with Crippen molar-refractivity contribution in [3.8, 4) is 28.6 Å². The van der Waals surface area contributed by atoms with Crippen molar-refractivity contribution in [3.05, 3.63) is 47.3 Å². The van der Waals surface area contributed by atoms with Crippen LogP contribution in [0.5, 0.6) is 17.2 Å². The number of carbonyl (C=O) groups is 1. The highest BCUT2D eigenvalue weighted by Crippen LogP contribution is 2.40. The zero-order valence-corrected chi connectivity index (χ0v) is 17.5. The van der Waals surface area contributed by atoms with Crippen LogP contribution < -0.4 is 24.8 Å². The number of aryl methyl sites for hydroxylation is 2. The van der Waals surface area contributed by atoms with Gasteiger partial charge in [0.1, 0.15) is 0 Å². The summed E-state index contributed by atoms with van der Waals surface area (Å²) in [6.45, 7) is 3.95. The molecule has 0 unspecified atom stereocenters. The van der Waals surface area contributed by atoms with Gasteiger partial charge in [0.2, 0.25) is 17.5 Å². The van der Waals surface area contributed by atoms with Crippen molar-refractivity contribution in [2.75, 3.05) is 26.6 Å². The highest BCUT2D eigenvalue weighted by molar-refractivity contribution is 5.90. The predicted molar refractivity (Wildman–Crippen MR) is 111 cm³/mol. The van der Waals surface area contributed by atoms with E-state index in [2.05, 4.69) is 20.8 Å². The second-order valence-electron chi connectivity index (χ2n) is 6.50. The van der Waals surface area contributed by atoms with E-state index < -0.39 is 0 Å². The van der Waals surface area contributed by atoms with Crippen molar-refractivity contribution < 1.29 is 23.5 Å². The van der Waals surface area contributed by atoms with Crippen LogP contribution in [0.4, 0.5) is 10.5 Å². The van der Waals surface area contributed by atoms with Crippen LogP contribution in [0.25, 0.3) is 11.4 Å². The molecule has 3 rings (SSSR count). The Hall–Kier alpha value is -3.75. The van der Waals surface area contributed by atoms with Gasteiger partial charge in [0.05, 0.1) is 27.9 Å². The molecule has 9 heteroatoms. The minimum atomic E-state index is -0.361. The van der Waals surface area contributed by atoms with Crippen molar-refractivity contribution >= 4 is 11.7 Å². The Balaban J connectivity index is 1.70. The Morgan fingerprint density at radius 1 is 1.03 bits per heavy atom. The topological polar surface area (TPSA) is 108 Å². The monoisotopic (exact) mass is 412 g/mol. The second kappa shape index (κ2) is 9.17. The summed E-state index contributed by atoms with van der Waals surface area (Å²) in [6.07, 6.45) is 0. The van der Waals surface area contributed by atoms with Gasteiger partial charge in [0.25, 0.3) is 0 Å². The lowest BCUT2D eigenvalue weighted by molar-refractivity contribution is 0.249. The third-order valence-electron chi connectivity index (χ3n) is 4.51. The van der Waals surface area contributed by atoms with Gasteiger partial charge in [0.15, 0.2) is 11.5 Å². The van der Waals surface area contributed by atoms with Gasteiger partial charge in [0, 0.05) is 11.3 Å². The number of methoxy groups -OCH3 is 3. The van der Waals surface area contributed by atoms with Gasteiger partial charge in [-0.3, -0.25) is 0 Å². The molecule has 1 aromatic heterocycles. The second-order valence-corrected chi connectivity index (χ2v) is 6.50. The maximum absolute atomic E-state index is 12.2. The van der Waals surface area contributed by atoms with Gasteiger partial charge in [-0.2, -0.15) is 4.98 Å². The van der Waals surface area contributed by atoms with Gasteiger partial charge < -0.3 is 29.4 Å². The van der Waals surface area contributed by atoms with Crippen LogP contribution in [0.3, 0.4) is 0 Å². The van der Waals surface area contributed by atoms with Crippen molar-refractivity contribution in [1.82, 2.24) is 15.5 Å². The minimum absolute atomic E-state index is 0.0776. The summed E-state index contributed by atoms with van der Waals surface area (Å²) in [7, 11) is 4.59. The van der Waals surface area contributed by atoms with Crippen molar-refractivity contribution in [2.45, 2.75) is 20.4 Å². The molecule has 0 saturated heterocycles. The number of nitrogens with zero attached hydrogens (tertiary/aromatic N) is 2. The molecular weight excluding hydrogens is 388 g/mol. The van der Waals surface area contributed by atoms with Crippen LogP contribution in [0.15, 0.2) is 34.9 Å². The average molecular weight is 412 g/mol. The summed E-state index contributed by atoms with van der Waals surface area (Å²) in [4.78, 5) is 16.6. The summed E-state index contributed by atoms with van der Waals surface area (Å²) in [5, 5.41) is 9.53. The molecule has 0 spiro atoms. The summed E-state index contributed by atoms with van der Waals surface area (Å²) >= 11 is 0. The molecule has 0 bridgehead atoms. The van der Waals surface area contributed by atoms with Crippen LogP contribution in [0, 0.1) is 13.8 Å². The average Bonchev–Trinajstić information content (AvgIpc) is 3.23. The molecule has 0 aliphatic carbocycles. The number of anilines is 1. The quantitative estimate of drug-likeness (QED) is 0.609. The van der Waals surface area contributed by atoms with E-state index in [1.807, 2.05) is 32.0 Å². The number of para-hydroxylation sites is 1. The molecule has 2 aromatic carbocycles. The number of aromatic nitrogens is 2. The Morgan fingerprint density at radius 2 is 1.67 bits per heavy atom. The molecule has 0 aliphatic rings. The SMILES string of the molecule is COc1cc(-c2noc(CNC(=O)Nc3c(C)cccc3C)n2)cc(OC)c1OC. The lowest BCUT2D eigenvalue weighted by atomic mass is 10.1. The van der Waals surface area contributed by atoms with Crippen LogP contribution in [-0.2, 0) is 6.54 Å². The number of ether oxygens (including phenoxy) is 3. The largest absolute Gasteiger partial charge is 0.493 e. The van der Waals surface area contributed by atoms with Gasteiger partial charge in [-0.25, -0.2) is 4.79 Å². The van der Waals surface area contributed by atoms with Gasteiger partial charge in [-0.1, -0.05) is 23.4 Å². The number of hydrogen-bond acceptors (Lipinski definition) is 7. The summed E-state index contributed by atoms with van der Waals surface area (Å²) in [5.41, 5.74) is 3.36. The minimum Gasteiger partial charge on any atom is -0.493 e. The molecule has 2 N–H and O–H groups in total. The maximum Gasteiger partial charge on any atom is 0.319 e. The van der Waals surface area contributed by atoms with Gasteiger partial charge in [-0.05, 0) is 37.1 Å². The Labute approximate surface area is 174 Å². The van der Waals surface area contributed by atoms with Crippen LogP contribution >= 0.6 is 0 Å². The fourth-order valence-electron chi connectivity index (χ4n) is 2.98. The number of nitrogens with one attached hydrogen (secondary N) is 2. The fourth-order valence-corrected chi connectivity index (χ4v) is 2.98. The molecule has 0 radical (unpaired) electrons. The van der Waals surface area contributed by atoms with E-state index >= 15 is 0 Å². The predicted octanol–water partition coefficient (Wildman–Crippen LogP) is 3.70. The fraction of sp³-hybridized carbons (Fsp3) is 0.286. The maximum atomic E-state index is 12.2. The molecule has 3 aromatic rings. The molecule has 0 fully saturated rings. The molecule has 0 aliphatic heterocycles. The highest BCUT2D eigenvalue weighted by Gasteiger charge is 2.17. The zero-order valence-electron chi connectivity index (χ0n) is 17.5. The molecule has 30 heavy (non-hydrogen) atoms. The lowest BCUT2D eigenvalue weighted by Crippen LogP contribution is -2.28. The first-order valence-electron chi connectivity index (χ1n) is 9.20. The lowest BCUT2D eigenvalue weighted by Gasteiger charge is -2.12. The highest BCUT2D eigenvalue weighted by atomic mass is 16.5. The van der Waals surface area contributed by atoms with E-state index in [1.165, 1.54) is 21.3 Å². The molecular formula is C21H24N4O5. The van der Waals surface area contributed by atoms with Gasteiger partial charge in [-0.15, -0.1) is 0 Å². The van der Waals surface area contributed by atoms with Crippen LogP contribution in [0.1, 0.15) is 17.0 Å². The Bertz CT molecular complexity index is 1000. The summed E-state index contributed by atoms with van der Waals surface area (Å²) in [6, 6.07) is 8.89. The molecule has 1 heterocycles. The van der Waals surface area contributed by atoms with E-state index in [-0.39, 0.29) is 18.5 Å². The molecule has 2 amide bonds. The normalized spacial score (nSPS) is 10.4.